The van der Waals surface area contributed by atoms with Crippen molar-refractivity contribution in [3.63, 3.8) is 0 Å². The number of aryl methyl sites for hydroxylation is 1. The summed E-state index contributed by atoms with van der Waals surface area (Å²) in [6, 6.07) is 2.37. The summed E-state index contributed by atoms with van der Waals surface area (Å²) in [5, 5.41) is 10.1. The number of nitrogens with zero attached hydrogens (tertiary/aromatic N) is 4. The zero-order chi connectivity index (χ0) is 15.0. The first kappa shape index (κ1) is 14.7. The van der Waals surface area contributed by atoms with E-state index in [0.717, 1.165) is 43.3 Å². The first-order valence-corrected chi connectivity index (χ1v) is 7.99. The van der Waals surface area contributed by atoms with Crippen LogP contribution in [-0.2, 0) is 0 Å². The summed E-state index contributed by atoms with van der Waals surface area (Å²) in [5.41, 5.74) is 1.03. The van der Waals surface area contributed by atoms with E-state index in [1.807, 2.05) is 32.0 Å². The van der Waals surface area contributed by atoms with Crippen LogP contribution in [-0.4, -0.2) is 59.3 Å². The molecular formula is C16H26N4O. The molecule has 3 rings (SSSR count). The molecule has 0 aromatic carbocycles. The Morgan fingerprint density at radius 1 is 1.19 bits per heavy atom. The number of aliphatic hydroxyl groups is 1. The van der Waals surface area contributed by atoms with Crippen molar-refractivity contribution in [1.29, 1.82) is 0 Å². The lowest BCUT2D eigenvalue weighted by Gasteiger charge is -2.46. The molecule has 2 atom stereocenters. The van der Waals surface area contributed by atoms with Crippen LogP contribution in [0.25, 0.3) is 0 Å². The molecule has 0 radical (unpaired) electrons. The average Bonchev–Trinajstić information content (AvgIpc) is 2.38. The minimum Gasteiger partial charge on any atom is -0.391 e. The molecule has 2 aliphatic rings. The lowest BCUT2D eigenvalue weighted by atomic mass is 9.87. The number of likely N-dealkylation sites (tertiary alicyclic amines) is 1. The van der Waals surface area contributed by atoms with Gasteiger partial charge in [0.1, 0.15) is 11.6 Å². The summed E-state index contributed by atoms with van der Waals surface area (Å²) < 4.78 is 0. The van der Waals surface area contributed by atoms with E-state index in [9.17, 15) is 5.11 Å². The molecule has 0 bridgehead atoms. The zero-order valence-corrected chi connectivity index (χ0v) is 13.3. The molecule has 1 saturated carbocycles. The molecular weight excluding hydrogens is 264 g/mol. The van der Waals surface area contributed by atoms with Crippen molar-refractivity contribution in [2.45, 2.75) is 50.7 Å². The van der Waals surface area contributed by atoms with E-state index in [4.69, 9.17) is 0 Å². The van der Waals surface area contributed by atoms with Gasteiger partial charge in [0, 0.05) is 50.9 Å². The van der Waals surface area contributed by atoms with E-state index in [2.05, 4.69) is 14.9 Å². The van der Waals surface area contributed by atoms with E-state index in [0.29, 0.717) is 12.0 Å². The Labute approximate surface area is 127 Å². The summed E-state index contributed by atoms with van der Waals surface area (Å²) in [7, 11) is 4.02. The summed E-state index contributed by atoms with van der Waals surface area (Å²) >= 11 is 0. The van der Waals surface area contributed by atoms with Crippen LogP contribution in [0.5, 0.6) is 0 Å². The topological polar surface area (TPSA) is 52.5 Å². The van der Waals surface area contributed by atoms with Gasteiger partial charge in [0.05, 0.1) is 6.10 Å². The molecule has 0 unspecified atom stereocenters. The van der Waals surface area contributed by atoms with Gasteiger partial charge in [-0.25, -0.2) is 9.97 Å². The molecule has 5 nitrogen and oxygen atoms in total. The predicted octanol–water partition coefficient (Wildman–Crippen LogP) is 1.55. The summed E-state index contributed by atoms with van der Waals surface area (Å²) in [4.78, 5) is 13.7. The van der Waals surface area contributed by atoms with E-state index in [-0.39, 0.29) is 6.10 Å². The normalized spacial score (nSPS) is 27.4. The standard InChI is InChI=1S/C16H26N4O/c1-11-8-15(19(2)3)18-16(17-11)12-9-20(10-12)13-6-4-5-7-14(13)21/h8,12-14,21H,4-7,9-10H2,1-3H3/t13-,14+/m1/s1. The zero-order valence-electron chi connectivity index (χ0n) is 13.3. The minimum absolute atomic E-state index is 0.143. The monoisotopic (exact) mass is 290 g/mol. The minimum atomic E-state index is -0.143. The average molecular weight is 290 g/mol. The SMILES string of the molecule is Cc1cc(N(C)C)nc(C2CN([C@@H]3CCCC[C@@H]3O)C2)n1. The molecule has 1 aliphatic heterocycles. The van der Waals surface area contributed by atoms with Crippen LogP contribution in [0.2, 0.25) is 0 Å². The maximum Gasteiger partial charge on any atom is 0.136 e. The van der Waals surface area contributed by atoms with Gasteiger partial charge in [0.25, 0.3) is 0 Å². The third-order valence-corrected chi connectivity index (χ3v) is 4.75. The summed E-state index contributed by atoms with van der Waals surface area (Å²) in [6.07, 6.45) is 4.36. The molecule has 1 N–H and O–H groups in total. The second-order valence-corrected chi connectivity index (χ2v) is 6.69. The Kier molecular flexibility index (Phi) is 4.13. The van der Waals surface area contributed by atoms with Gasteiger partial charge in [-0.15, -0.1) is 0 Å². The Morgan fingerprint density at radius 3 is 2.57 bits per heavy atom. The number of hydrogen-bond donors (Lipinski definition) is 1. The van der Waals surface area contributed by atoms with Crippen molar-refractivity contribution in [3.8, 4) is 0 Å². The number of aromatic nitrogens is 2. The van der Waals surface area contributed by atoms with Gasteiger partial charge in [0.2, 0.25) is 0 Å². The maximum atomic E-state index is 10.1. The van der Waals surface area contributed by atoms with Crippen molar-refractivity contribution >= 4 is 5.82 Å². The molecule has 1 aliphatic carbocycles. The van der Waals surface area contributed by atoms with Crippen molar-refractivity contribution in [3.05, 3.63) is 17.6 Å². The molecule has 2 fully saturated rings. The number of rotatable bonds is 3. The van der Waals surface area contributed by atoms with Crippen LogP contribution in [0, 0.1) is 6.92 Å². The molecule has 2 heterocycles. The third kappa shape index (κ3) is 3.04. The van der Waals surface area contributed by atoms with Crippen LogP contribution in [0.3, 0.4) is 0 Å². The molecule has 5 heteroatoms. The van der Waals surface area contributed by atoms with E-state index in [1.165, 1.54) is 12.8 Å². The molecule has 0 amide bonds. The maximum absolute atomic E-state index is 10.1. The van der Waals surface area contributed by atoms with Crippen LogP contribution in [0.15, 0.2) is 6.07 Å². The van der Waals surface area contributed by atoms with Crippen LogP contribution >= 0.6 is 0 Å². The molecule has 1 saturated heterocycles. The first-order chi connectivity index (χ1) is 10.0. The van der Waals surface area contributed by atoms with Gasteiger partial charge >= 0.3 is 0 Å². The number of aliphatic hydroxyl groups excluding tert-OH is 1. The van der Waals surface area contributed by atoms with Crippen molar-refractivity contribution in [2.75, 3.05) is 32.1 Å². The Bertz CT molecular complexity index is 499. The fraction of sp³-hybridized carbons (Fsp3) is 0.750. The number of hydrogen-bond acceptors (Lipinski definition) is 5. The first-order valence-electron chi connectivity index (χ1n) is 7.99. The molecule has 0 spiro atoms. The fourth-order valence-electron chi connectivity index (χ4n) is 3.45. The molecule has 21 heavy (non-hydrogen) atoms. The smallest absolute Gasteiger partial charge is 0.136 e. The third-order valence-electron chi connectivity index (χ3n) is 4.75. The van der Waals surface area contributed by atoms with Crippen molar-refractivity contribution < 1.29 is 5.11 Å². The lowest BCUT2D eigenvalue weighted by molar-refractivity contribution is -0.0200. The van der Waals surface area contributed by atoms with Crippen LogP contribution < -0.4 is 4.90 Å². The van der Waals surface area contributed by atoms with Gasteiger partial charge in [-0.1, -0.05) is 12.8 Å². The highest BCUT2D eigenvalue weighted by atomic mass is 16.3. The van der Waals surface area contributed by atoms with Crippen molar-refractivity contribution in [2.24, 2.45) is 0 Å². The lowest BCUT2D eigenvalue weighted by Crippen LogP contribution is -2.56. The Morgan fingerprint density at radius 2 is 1.90 bits per heavy atom. The van der Waals surface area contributed by atoms with Gasteiger partial charge in [-0.2, -0.15) is 0 Å². The van der Waals surface area contributed by atoms with Crippen LogP contribution in [0.1, 0.15) is 43.1 Å². The van der Waals surface area contributed by atoms with E-state index < -0.39 is 0 Å². The largest absolute Gasteiger partial charge is 0.391 e. The predicted molar refractivity (Wildman–Crippen MR) is 83.7 cm³/mol. The Hall–Kier alpha value is -1.20. The highest BCUT2D eigenvalue weighted by Crippen LogP contribution is 2.33. The van der Waals surface area contributed by atoms with Gasteiger partial charge < -0.3 is 10.0 Å². The number of anilines is 1. The van der Waals surface area contributed by atoms with E-state index in [1.54, 1.807) is 0 Å². The van der Waals surface area contributed by atoms with E-state index >= 15 is 0 Å². The molecule has 116 valence electrons. The van der Waals surface area contributed by atoms with Crippen molar-refractivity contribution in [1.82, 2.24) is 14.9 Å². The quantitative estimate of drug-likeness (QED) is 0.915. The van der Waals surface area contributed by atoms with Gasteiger partial charge in [0.15, 0.2) is 0 Å². The molecule has 1 aromatic heterocycles. The highest BCUT2D eigenvalue weighted by molar-refractivity contribution is 5.38. The summed E-state index contributed by atoms with van der Waals surface area (Å²) in [6.45, 7) is 4.00. The fourth-order valence-corrected chi connectivity index (χ4v) is 3.45. The second kappa shape index (κ2) is 5.89. The van der Waals surface area contributed by atoms with Gasteiger partial charge in [-0.05, 0) is 19.8 Å². The van der Waals surface area contributed by atoms with Gasteiger partial charge in [-0.3, -0.25) is 4.90 Å². The van der Waals surface area contributed by atoms with Crippen LogP contribution in [0.4, 0.5) is 5.82 Å². The molecule has 1 aromatic rings. The second-order valence-electron chi connectivity index (χ2n) is 6.69. The Balaban J connectivity index is 1.65. The summed E-state index contributed by atoms with van der Waals surface area (Å²) in [5.74, 6) is 2.35. The highest BCUT2D eigenvalue weighted by Gasteiger charge is 2.38.